The summed E-state index contributed by atoms with van der Waals surface area (Å²) in [6, 6.07) is 13.0. The molecule has 0 radical (unpaired) electrons. The number of amides is 3. The van der Waals surface area contributed by atoms with Gasteiger partial charge in [0.15, 0.2) is 0 Å². The summed E-state index contributed by atoms with van der Waals surface area (Å²) in [4.78, 5) is 29.5. The van der Waals surface area contributed by atoms with E-state index >= 15 is 0 Å². The van der Waals surface area contributed by atoms with Gasteiger partial charge in [-0.05, 0) is 49.6 Å². The molecular weight excluding hydrogens is 374 g/mol. The van der Waals surface area contributed by atoms with Crippen LogP contribution in [0, 0.1) is 0 Å². The van der Waals surface area contributed by atoms with E-state index in [2.05, 4.69) is 20.9 Å². The van der Waals surface area contributed by atoms with E-state index in [1.165, 1.54) is 0 Å². The minimum atomic E-state index is -0.184. The Morgan fingerprint density at radius 3 is 2.79 bits per heavy atom. The molecule has 3 amide bonds. The highest BCUT2D eigenvalue weighted by Gasteiger charge is 2.10. The van der Waals surface area contributed by atoms with Gasteiger partial charge in [0.1, 0.15) is 0 Å². The van der Waals surface area contributed by atoms with E-state index in [1.807, 2.05) is 48.1 Å². The van der Waals surface area contributed by atoms with E-state index in [4.69, 9.17) is 0 Å². The van der Waals surface area contributed by atoms with E-state index in [1.54, 1.807) is 30.2 Å². The second kappa shape index (κ2) is 9.27. The topological polar surface area (TPSA) is 88.1 Å². The molecule has 28 heavy (non-hydrogen) atoms. The van der Waals surface area contributed by atoms with Gasteiger partial charge >= 0.3 is 6.03 Å². The molecule has 1 heterocycles. The Bertz CT molecular complexity index is 986. The first-order valence-corrected chi connectivity index (χ1v) is 10.2. The van der Waals surface area contributed by atoms with Crippen LogP contribution in [0.3, 0.4) is 0 Å². The molecule has 0 fully saturated rings. The van der Waals surface area contributed by atoms with Crippen molar-refractivity contribution in [3.8, 4) is 0 Å². The van der Waals surface area contributed by atoms with Crippen molar-refractivity contribution >= 4 is 40.4 Å². The van der Waals surface area contributed by atoms with Gasteiger partial charge in [0, 0.05) is 35.8 Å². The summed E-state index contributed by atoms with van der Waals surface area (Å²) in [7, 11) is 0. The molecule has 1 aromatic heterocycles. The normalized spacial score (nSPS) is 10.6. The summed E-state index contributed by atoms with van der Waals surface area (Å²) in [5.74, 6) is -0.174. The zero-order valence-electron chi connectivity index (χ0n) is 15.9. The number of benzene rings is 2. The molecule has 0 saturated heterocycles. The molecule has 0 aliphatic carbocycles. The third kappa shape index (κ3) is 4.83. The molecule has 0 unspecified atom stereocenters. The van der Waals surface area contributed by atoms with Gasteiger partial charge in [0.2, 0.25) is 0 Å². The van der Waals surface area contributed by atoms with Crippen molar-refractivity contribution in [2.75, 3.05) is 24.7 Å². The number of nitrogens with one attached hydrogen (secondary N) is 3. The van der Waals surface area contributed by atoms with Crippen LogP contribution >= 0.6 is 11.8 Å². The van der Waals surface area contributed by atoms with Crippen LogP contribution in [0.2, 0.25) is 0 Å². The zero-order valence-corrected chi connectivity index (χ0v) is 16.7. The van der Waals surface area contributed by atoms with E-state index in [0.29, 0.717) is 25.2 Å². The molecule has 0 bridgehead atoms. The van der Waals surface area contributed by atoms with Gasteiger partial charge in [-0.2, -0.15) is 0 Å². The zero-order chi connectivity index (χ0) is 19.9. The lowest BCUT2D eigenvalue weighted by Crippen LogP contribution is -2.36. The SMILES string of the molecule is CCNC(=O)NCCn1cnc2cc(C(=O)Nc3cccc(SC)c3)ccc21. The van der Waals surface area contributed by atoms with Gasteiger partial charge in [0.25, 0.3) is 5.91 Å². The number of rotatable bonds is 7. The Morgan fingerprint density at radius 2 is 2.00 bits per heavy atom. The van der Waals surface area contributed by atoms with Crippen LogP contribution in [0.1, 0.15) is 17.3 Å². The lowest BCUT2D eigenvalue weighted by atomic mass is 10.2. The first-order valence-electron chi connectivity index (χ1n) is 9.02. The molecule has 0 atom stereocenters. The number of urea groups is 1. The average molecular weight is 398 g/mol. The monoisotopic (exact) mass is 397 g/mol. The molecule has 0 aliphatic rings. The minimum Gasteiger partial charge on any atom is -0.338 e. The van der Waals surface area contributed by atoms with Crippen molar-refractivity contribution < 1.29 is 9.59 Å². The third-order valence-electron chi connectivity index (χ3n) is 4.19. The van der Waals surface area contributed by atoms with Gasteiger partial charge in [0.05, 0.1) is 17.4 Å². The fraction of sp³-hybridized carbons (Fsp3) is 0.250. The van der Waals surface area contributed by atoms with E-state index in [0.717, 1.165) is 21.6 Å². The van der Waals surface area contributed by atoms with Crippen molar-refractivity contribution in [3.05, 3.63) is 54.4 Å². The number of hydrogen-bond acceptors (Lipinski definition) is 4. The smallest absolute Gasteiger partial charge is 0.314 e. The standard InChI is InChI=1S/C20H23N5O2S/c1-3-21-20(27)22-9-10-25-13-23-17-11-14(7-8-18(17)25)19(26)24-15-5-4-6-16(12-15)28-2/h4-8,11-13H,3,9-10H2,1-2H3,(H,24,26)(H2,21,22,27). The van der Waals surface area contributed by atoms with Crippen LogP contribution in [-0.4, -0.2) is 40.8 Å². The predicted octanol–water partition coefficient (Wildman–Crippen LogP) is 3.33. The number of fused-ring (bicyclic) bond motifs is 1. The number of carbonyl (C=O) groups excluding carboxylic acids is 2. The molecule has 0 aliphatic heterocycles. The number of aromatic nitrogens is 2. The highest BCUT2D eigenvalue weighted by Crippen LogP contribution is 2.20. The van der Waals surface area contributed by atoms with E-state index in [9.17, 15) is 9.59 Å². The Kier molecular flexibility index (Phi) is 6.54. The minimum absolute atomic E-state index is 0.174. The van der Waals surface area contributed by atoms with Crippen LogP contribution in [0.25, 0.3) is 11.0 Å². The summed E-state index contributed by atoms with van der Waals surface area (Å²) in [6.07, 6.45) is 3.71. The summed E-state index contributed by atoms with van der Waals surface area (Å²) in [6.45, 7) is 3.55. The molecule has 7 nitrogen and oxygen atoms in total. The van der Waals surface area contributed by atoms with Crippen molar-refractivity contribution in [3.63, 3.8) is 0 Å². The maximum atomic E-state index is 12.6. The first kappa shape index (κ1) is 19.8. The number of imidazole rings is 1. The Labute approximate surface area is 167 Å². The van der Waals surface area contributed by atoms with E-state index in [-0.39, 0.29) is 11.9 Å². The molecule has 146 valence electrons. The van der Waals surface area contributed by atoms with Gasteiger partial charge in [-0.3, -0.25) is 4.79 Å². The van der Waals surface area contributed by atoms with Crippen molar-refractivity contribution in [1.29, 1.82) is 0 Å². The lowest BCUT2D eigenvalue weighted by Gasteiger charge is -2.08. The molecule has 3 N–H and O–H groups in total. The maximum Gasteiger partial charge on any atom is 0.314 e. The molecule has 3 rings (SSSR count). The van der Waals surface area contributed by atoms with Crippen molar-refractivity contribution in [2.45, 2.75) is 18.4 Å². The highest BCUT2D eigenvalue weighted by molar-refractivity contribution is 7.98. The quantitative estimate of drug-likeness (QED) is 0.534. The second-order valence-corrected chi connectivity index (χ2v) is 6.99. The lowest BCUT2D eigenvalue weighted by molar-refractivity contribution is 0.102. The van der Waals surface area contributed by atoms with Crippen LogP contribution in [0.15, 0.2) is 53.7 Å². The Hall–Kier alpha value is -3.00. The summed E-state index contributed by atoms with van der Waals surface area (Å²) in [5, 5.41) is 8.40. The molecule has 0 spiro atoms. The summed E-state index contributed by atoms with van der Waals surface area (Å²) < 4.78 is 1.95. The largest absolute Gasteiger partial charge is 0.338 e. The van der Waals surface area contributed by atoms with Crippen LogP contribution < -0.4 is 16.0 Å². The molecule has 2 aromatic carbocycles. The van der Waals surface area contributed by atoms with E-state index < -0.39 is 0 Å². The van der Waals surface area contributed by atoms with Crippen molar-refractivity contribution in [2.24, 2.45) is 0 Å². The average Bonchev–Trinajstić information content (AvgIpc) is 3.10. The number of nitrogens with zero attached hydrogens (tertiary/aromatic N) is 2. The summed E-state index contributed by atoms with van der Waals surface area (Å²) >= 11 is 1.63. The van der Waals surface area contributed by atoms with Gasteiger partial charge in [-0.15, -0.1) is 11.8 Å². The molecule has 3 aromatic rings. The van der Waals surface area contributed by atoms with Gasteiger partial charge in [-0.1, -0.05) is 6.07 Å². The predicted molar refractivity (Wildman–Crippen MR) is 113 cm³/mol. The number of anilines is 1. The number of carbonyl (C=O) groups is 2. The number of hydrogen-bond donors (Lipinski definition) is 3. The second-order valence-electron chi connectivity index (χ2n) is 6.11. The Morgan fingerprint density at radius 1 is 1.14 bits per heavy atom. The Balaban J connectivity index is 1.67. The fourth-order valence-corrected chi connectivity index (χ4v) is 3.26. The highest BCUT2D eigenvalue weighted by atomic mass is 32.2. The van der Waals surface area contributed by atoms with Gasteiger partial charge < -0.3 is 20.5 Å². The van der Waals surface area contributed by atoms with Gasteiger partial charge in [-0.25, -0.2) is 9.78 Å². The third-order valence-corrected chi connectivity index (χ3v) is 4.91. The number of thioether (sulfide) groups is 1. The maximum absolute atomic E-state index is 12.6. The molecule has 0 saturated carbocycles. The van der Waals surface area contributed by atoms with Crippen LogP contribution in [-0.2, 0) is 6.54 Å². The molecule has 8 heteroatoms. The molecular formula is C20H23N5O2S. The van der Waals surface area contributed by atoms with Crippen molar-refractivity contribution in [1.82, 2.24) is 20.2 Å². The van der Waals surface area contributed by atoms with Crippen LogP contribution in [0.4, 0.5) is 10.5 Å². The first-order chi connectivity index (χ1) is 13.6. The van der Waals surface area contributed by atoms with Crippen LogP contribution in [0.5, 0.6) is 0 Å². The summed E-state index contributed by atoms with van der Waals surface area (Å²) in [5.41, 5.74) is 2.97. The fourth-order valence-electron chi connectivity index (χ4n) is 2.80.